The van der Waals surface area contributed by atoms with Crippen molar-refractivity contribution in [3.63, 3.8) is 0 Å². The maximum Gasteiger partial charge on any atom is 0.162 e. The van der Waals surface area contributed by atoms with E-state index in [2.05, 4.69) is 91.7 Å². The summed E-state index contributed by atoms with van der Waals surface area (Å²) in [5, 5.41) is 3.66. The van der Waals surface area contributed by atoms with E-state index in [0.29, 0.717) is 0 Å². The monoisotopic (exact) mass is 478 g/mol. The van der Waals surface area contributed by atoms with Crippen molar-refractivity contribution in [2.24, 2.45) is 0 Å². The zero-order valence-corrected chi connectivity index (χ0v) is 21.3. The summed E-state index contributed by atoms with van der Waals surface area (Å²) in [6.45, 7) is 7.66. The molecule has 5 rings (SSSR count). The number of aromatic nitrogens is 3. The van der Waals surface area contributed by atoms with Gasteiger partial charge in [-0.2, -0.15) is 0 Å². The van der Waals surface area contributed by atoms with Gasteiger partial charge in [-0.3, -0.25) is 4.98 Å². The third-order valence-corrected chi connectivity index (χ3v) is 7.60. The highest BCUT2D eigenvalue weighted by atomic mass is 32.1. The van der Waals surface area contributed by atoms with E-state index in [-0.39, 0.29) is 5.41 Å². The second-order valence-electron chi connectivity index (χ2n) is 9.75. The fourth-order valence-corrected chi connectivity index (χ4v) is 5.56. The van der Waals surface area contributed by atoms with Crippen LogP contribution in [0.25, 0.3) is 32.7 Å². The summed E-state index contributed by atoms with van der Waals surface area (Å²) < 4.78 is 1.12. The summed E-state index contributed by atoms with van der Waals surface area (Å²) in [4.78, 5) is 15.6. The van der Waals surface area contributed by atoms with Gasteiger partial charge in [0, 0.05) is 34.9 Å². The Morgan fingerprint density at radius 1 is 0.800 bits per heavy atom. The average Bonchev–Trinajstić information content (AvgIpc) is 3.29. The number of rotatable bonds is 7. The zero-order valence-electron chi connectivity index (χ0n) is 20.5. The Balaban J connectivity index is 1.60. The summed E-state index contributed by atoms with van der Waals surface area (Å²) >= 11 is 1.81. The molecule has 0 saturated carbocycles. The first kappa shape index (κ1) is 23.2. The van der Waals surface area contributed by atoms with Gasteiger partial charge in [0.2, 0.25) is 0 Å². The largest absolute Gasteiger partial charge is 0.369 e. The summed E-state index contributed by atoms with van der Waals surface area (Å²) in [5.41, 5.74) is 5.73. The lowest BCUT2D eigenvalue weighted by atomic mass is 9.89. The van der Waals surface area contributed by atoms with Gasteiger partial charge >= 0.3 is 0 Å². The quantitative estimate of drug-likeness (QED) is 0.243. The summed E-state index contributed by atoms with van der Waals surface area (Å²) in [6, 6.07) is 25.2. The van der Waals surface area contributed by atoms with Gasteiger partial charge in [-0.05, 0) is 41.5 Å². The van der Waals surface area contributed by atoms with Crippen LogP contribution in [0.4, 0.5) is 5.82 Å². The number of hydrogen-bond donors (Lipinski definition) is 1. The van der Waals surface area contributed by atoms with Crippen molar-refractivity contribution >= 4 is 27.4 Å². The molecular weight excluding hydrogens is 448 g/mol. The van der Waals surface area contributed by atoms with E-state index in [9.17, 15) is 0 Å². The molecule has 176 valence electrons. The predicted octanol–water partition coefficient (Wildman–Crippen LogP) is 7.76. The Kier molecular flexibility index (Phi) is 6.60. The molecular formula is C30H30N4S. The molecule has 0 fully saturated rings. The summed E-state index contributed by atoms with van der Waals surface area (Å²) in [6.07, 6.45) is 5.65. The molecule has 0 saturated heterocycles. The van der Waals surface area contributed by atoms with Gasteiger partial charge in [0.1, 0.15) is 5.82 Å². The zero-order chi connectivity index (χ0) is 24.3. The van der Waals surface area contributed by atoms with Crippen LogP contribution in [0.5, 0.6) is 0 Å². The Labute approximate surface area is 211 Å². The molecule has 5 heteroatoms. The van der Waals surface area contributed by atoms with Crippen LogP contribution in [0.1, 0.15) is 37.6 Å². The van der Waals surface area contributed by atoms with Gasteiger partial charge < -0.3 is 5.32 Å². The fourth-order valence-electron chi connectivity index (χ4n) is 4.27. The highest BCUT2D eigenvalue weighted by Crippen LogP contribution is 2.46. The SMILES string of the molecule is CC(C)(C)c1sc2c(NCCCc3ccccc3)nc(-c3ccncc3)nc2c1-c1ccccc1. The Hall–Kier alpha value is -3.57. The van der Waals surface area contributed by atoms with Gasteiger partial charge in [0.15, 0.2) is 5.82 Å². The number of benzene rings is 2. The minimum Gasteiger partial charge on any atom is -0.369 e. The van der Waals surface area contributed by atoms with E-state index in [4.69, 9.17) is 9.97 Å². The highest BCUT2D eigenvalue weighted by molar-refractivity contribution is 7.20. The molecule has 0 amide bonds. The number of fused-ring (bicyclic) bond motifs is 1. The third kappa shape index (κ3) is 5.10. The normalized spacial score (nSPS) is 11.6. The van der Waals surface area contributed by atoms with E-state index in [0.717, 1.165) is 46.8 Å². The van der Waals surface area contributed by atoms with E-state index >= 15 is 0 Å². The number of nitrogens with zero attached hydrogens (tertiary/aromatic N) is 3. The van der Waals surface area contributed by atoms with Crippen molar-refractivity contribution in [1.29, 1.82) is 0 Å². The lowest BCUT2D eigenvalue weighted by Crippen LogP contribution is -2.10. The first-order chi connectivity index (χ1) is 17.0. The molecule has 0 atom stereocenters. The molecule has 3 aromatic heterocycles. The molecule has 3 heterocycles. The van der Waals surface area contributed by atoms with Crippen molar-refractivity contribution in [1.82, 2.24) is 15.0 Å². The molecule has 4 nitrogen and oxygen atoms in total. The maximum absolute atomic E-state index is 5.12. The lowest BCUT2D eigenvalue weighted by molar-refractivity contribution is 0.605. The number of aryl methyl sites for hydroxylation is 1. The van der Waals surface area contributed by atoms with Crippen LogP contribution in [-0.2, 0) is 11.8 Å². The van der Waals surface area contributed by atoms with Gasteiger partial charge in [0.25, 0.3) is 0 Å². The Morgan fingerprint density at radius 2 is 1.49 bits per heavy atom. The third-order valence-electron chi connectivity index (χ3n) is 5.99. The second-order valence-corrected chi connectivity index (χ2v) is 10.8. The molecule has 5 aromatic rings. The molecule has 0 aliphatic carbocycles. The average molecular weight is 479 g/mol. The van der Waals surface area contributed by atoms with Gasteiger partial charge in [-0.1, -0.05) is 81.4 Å². The highest BCUT2D eigenvalue weighted by Gasteiger charge is 2.27. The van der Waals surface area contributed by atoms with Crippen molar-refractivity contribution in [3.05, 3.63) is 95.6 Å². The predicted molar refractivity (Wildman–Crippen MR) is 148 cm³/mol. The number of thiophene rings is 1. The van der Waals surface area contributed by atoms with Crippen molar-refractivity contribution in [2.45, 2.75) is 39.0 Å². The summed E-state index contributed by atoms with van der Waals surface area (Å²) in [7, 11) is 0. The van der Waals surface area contributed by atoms with Crippen LogP contribution in [-0.4, -0.2) is 21.5 Å². The second kappa shape index (κ2) is 9.96. The minimum absolute atomic E-state index is 0.0159. The van der Waals surface area contributed by atoms with Crippen LogP contribution in [0.15, 0.2) is 85.2 Å². The molecule has 0 aliphatic heterocycles. The van der Waals surface area contributed by atoms with E-state index in [1.54, 1.807) is 12.4 Å². The Bertz CT molecular complexity index is 1410. The number of anilines is 1. The molecule has 0 aliphatic rings. The minimum atomic E-state index is -0.0159. The van der Waals surface area contributed by atoms with Crippen LogP contribution < -0.4 is 5.32 Å². The molecule has 0 spiro atoms. The first-order valence-corrected chi connectivity index (χ1v) is 12.9. The van der Waals surface area contributed by atoms with Crippen LogP contribution in [0.3, 0.4) is 0 Å². The number of pyridine rings is 1. The molecule has 2 aromatic carbocycles. The topological polar surface area (TPSA) is 50.7 Å². The molecule has 0 bridgehead atoms. The Morgan fingerprint density at radius 3 is 2.17 bits per heavy atom. The van der Waals surface area contributed by atoms with Gasteiger partial charge in [-0.25, -0.2) is 9.97 Å². The van der Waals surface area contributed by atoms with Crippen LogP contribution in [0.2, 0.25) is 0 Å². The van der Waals surface area contributed by atoms with Crippen LogP contribution in [0, 0.1) is 0 Å². The molecule has 1 N–H and O–H groups in total. The lowest BCUT2D eigenvalue weighted by Gasteiger charge is -2.19. The molecule has 0 unspecified atom stereocenters. The number of nitrogens with one attached hydrogen (secondary N) is 1. The fraction of sp³-hybridized carbons (Fsp3) is 0.233. The maximum atomic E-state index is 5.12. The van der Waals surface area contributed by atoms with E-state index in [1.807, 2.05) is 23.5 Å². The molecule has 35 heavy (non-hydrogen) atoms. The first-order valence-electron chi connectivity index (χ1n) is 12.1. The van der Waals surface area contributed by atoms with Crippen LogP contribution >= 0.6 is 11.3 Å². The molecule has 0 radical (unpaired) electrons. The van der Waals surface area contributed by atoms with Crippen molar-refractivity contribution in [3.8, 4) is 22.5 Å². The smallest absolute Gasteiger partial charge is 0.162 e. The van der Waals surface area contributed by atoms with Gasteiger partial charge in [0.05, 0.1) is 10.2 Å². The van der Waals surface area contributed by atoms with Gasteiger partial charge in [-0.15, -0.1) is 11.3 Å². The van der Waals surface area contributed by atoms with Crippen molar-refractivity contribution < 1.29 is 0 Å². The van der Waals surface area contributed by atoms with E-state index in [1.165, 1.54) is 21.6 Å². The van der Waals surface area contributed by atoms with Crippen molar-refractivity contribution in [2.75, 3.05) is 11.9 Å². The standard InChI is InChI=1S/C30H30N4S/c1-30(2,3)27-24(22-14-8-5-9-15-22)25-26(35-27)29(32-18-10-13-21-11-6-4-7-12-21)34-28(33-25)23-16-19-31-20-17-23/h4-9,11-12,14-17,19-20H,10,13,18H2,1-3H3,(H,32,33,34). The number of hydrogen-bond acceptors (Lipinski definition) is 5. The summed E-state index contributed by atoms with van der Waals surface area (Å²) in [5.74, 6) is 1.63. The van der Waals surface area contributed by atoms with E-state index < -0.39 is 0 Å².